The normalized spacial score (nSPS) is 21.0. The molecule has 32 heavy (non-hydrogen) atoms. The van der Waals surface area contributed by atoms with Crippen molar-refractivity contribution in [3.8, 4) is 0 Å². The van der Waals surface area contributed by atoms with E-state index in [1.165, 1.54) is 0 Å². The van der Waals surface area contributed by atoms with Crippen LogP contribution in [0.3, 0.4) is 0 Å². The van der Waals surface area contributed by atoms with E-state index in [1.807, 2.05) is 0 Å². The molecule has 2 aromatic rings. The minimum Gasteiger partial charge on any atom is -0.383 e. The Morgan fingerprint density at radius 2 is 1.19 bits per heavy atom. The Morgan fingerprint density at radius 1 is 0.750 bits per heavy atom. The van der Waals surface area contributed by atoms with E-state index >= 15 is 0 Å². The van der Waals surface area contributed by atoms with Gasteiger partial charge in [0.05, 0.1) is 28.4 Å². The largest absolute Gasteiger partial charge is 0.416 e. The van der Waals surface area contributed by atoms with Gasteiger partial charge in [-0.3, -0.25) is 0 Å². The van der Waals surface area contributed by atoms with Gasteiger partial charge in [0.1, 0.15) is 0 Å². The van der Waals surface area contributed by atoms with Gasteiger partial charge in [0, 0.05) is 0 Å². The molecule has 0 bridgehead atoms. The quantitative estimate of drug-likeness (QED) is 0.631. The van der Waals surface area contributed by atoms with Crippen LogP contribution in [0.15, 0.2) is 53.6 Å². The van der Waals surface area contributed by atoms with Crippen molar-refractivity contribution in [2.24, 2.45) is 11.0 Å². The number of nitrogens with zero attached hydrogens (tertiary/aromatic N) is 2. The standard InChI is InChI=1S/C19H13F9N2O2/c20-17(21,22)10-3-1-9(2-4-10)14-13(15(31)19(26,27)28)16(32)30(29-14)12-7-5-11(6-8-12)18(23,24)25/h1-8,13,15-16,31-32H. The molecule has 2 aromatic carbocycles. The van der Waals surface area contributed by atoms with Gasteiger partial charge in [0.15, 0.2) is 12.3 Å². The van der Waals surface area contributed by atoms with Crippen LogP contribution in [0.25, 0.3) is 0 Å². The van der Waals surface area contributed by atoms with Gasteiger partial charge in [-0.15, -0.1) is 0 Å². The zero-order valence-corrected chi connectivity index (χ0v) is 15.5. The highest BCUT2D eigenvalue weighted by Gasteiger charge is 2.52. The number of anilines is 1. The minimum absolute atomic E-state index is 0.230. The Hall–Kier alpha value is -2.80. The summed E-state index contributed by atoms with van der Waals surface area (Å²) in [5.74, 6) is -2.14. The van der Waals surface area contributed by atoms with Gasteiger partial charge in [-0.2, -0.15) is 44.6 Å². The minimum atomic E-state index is -5.23. The molecule has 0 saturated carbocycles. The summed E-state index contributed by atoms with van der Waals surface area (Å²) >= 11 is 0. The van der Waals surface area contributed by atoms with Crippen molar-refractivity contribution in [3.05, 3.63) is 65.2 Å². The molecule has 3 rings (SSSR count). The van der Waals surface area contributed by atoms with E-state index < -0.39 is 53.6 Å². The Bertz CT molecular complexity index is 980. The number of benzene rings is 2. The average molecular weight is 472 g/mol. The highest BCUT2D eigenvalue weighted by molar-refractivity contribution is 6.05. The van der Waals surface area contributed by atoms with Crippen molar-refractivity contribution in [1.29, 1.82) is 0 Å². The molecule has 1 aliphatic rings. The first kappa shape index (κ1) is 23.9. The first-order chi connectivity index (χ1) is 14.6. The first-order valence-electron chi connectivity index (χ1n) is 8.76. The molecule has 1 aliphatic heterocycles. The van der Waals surface area contributed by atoms with Gasteiger partial charge in [0.25, 0.3) is 0 Å². The summed E-state index contributed by atoms with van der Waals surface area (Å²) in [5.41, 5.74) is -3.22. The zero-order valence-electron chi connectivity index (χ0n) is 15.5. The first-order valence-corrected chi connectivity index (χ1v) is 8.76. The molecule has 2 N–H and O–H groups in total. The molecule has 0 saturated heterocycles. The van der Waals surface area contributed by atoms with Gasteiger partial charge in [-0.05, 0) is 42.0 Å². The maximum Gasteiger partial charge on any atom is 0.416 e. The molecular formula is C19H13F9N2O2. The van der Waals surface area contributed by atoms with Crippen LogP contribution in [0, 0.1) is 5.92 Å². The Morgan fingerprint density at radius 3 is 1.59 bits per heavy atom. The van der Waals surface area contributed by atoms with Crippen LogP contribution in [0.2, 0.25) is 0 Å². The molecule has 0 aromatic heterocycles. The van der Waals surface area contributed by atoms with E-state index in [1.54, 1.807) is 0 Å². The van der Waals surface area contributed by atoms with E-state index in [0.29, 0.717) is 29.3 Å². The highest BCUT2D eigenvalue weighted by Crippen LogP contribution is 2.38. The van der Waals surface area contributed by atoms with Crippen molar-refractivity contribution < 1.29 is 49.7 Å². The molecule has 0 radical (unpaired) electrons. The molecule has 1 heterocycles. The molecule has 0 amide bonds. The van der Waals surface area contributed by atoms with Gasteiger partial charge in [-0.25, -0.2) is 5.01 Å². The SMILES string of the molecule is OC1C(C(O)C(F)(F)F)C(c2ccc(C(F)(F)F)cc2)=NN1c1ccc(C(F)(F)F)cc1. The Kier molecular flexibility index (Phi) is 5.93. The van der Waals surface area contributed by atoms with Crippen LogP contribution in [0.4, 0.5) is 45.2 Å². The number of alkyl halides is 9. The molecule has 0 aliphatic carbocycles. The fraction of sp³-hybridized carbons (Fsp3) is 0.316. The lowest BCUT2D eigenvalue weighted by molar-refractivity contribution is -0.218. The van der Waals surface area contributed by atoms with E-state index in [0.717, 1.165) is 24.3 Å². The lowest BCUT2D eigenvalue weighted by atomic mass is 9.90. The van der Waals surface area contributed by atoms with Crippen molar-refractivity contribution in [2.75, 3.05) is 5.01 Å². The summed E-state index contributed by atoms with van der Waals surface area (Å²) in [6.45, 7) is 0. The lowest BCUT2D eigenvalue weighted by Gasteiger charge is -2.28. The molecule has 13 heteroatoms. The molecule has 3 atom stereocenters. The zero-order chi connectivity index (χ0) is 24.1. The van der Waals surface area contributed by atoms with E-state index in [-0.39, 0.29) is 11.3 Å². The predicted molar refractivity (Wildman–Crippen MR) is 93.5 cm³/mol. The van der Waals surface area contributed by atoms with Crippen molar-refractivity contribution in [3.63, 3.8) is 0 Å². The summed E-state index contributed by atoms with van der Waals surface area (Å²) in [4.78, 5) is 0. The predicted octanol–water partition coefficient (Wildman–Crippen LogP) is 4.81. The Balaban J connectivity index is 2.04. The molecular weight excluding hydrogens is 459 g/mol. The maximum absolute atomic E-state index is 13.2. The molecule has 0 spiro atoms. The molecule has 4 nitrogen and oxygen atoms in total. The van der Waals surface area contributed by atoms with Gasteiger partial charge in [0.2, 0.25) is 0 Å². The summed E-state index contributed by atoms with van der Waals surface area (Å²) in [6, 6.07) is 5.74. The number of rotatable bonds is 3. The van der Waals surface area contributed by atoms with Crippen LogP contribution in [-0.4, -0.2) is 34.4 Å². The van der Waals surface area contributed by atoms with Crippen molar-refractivity contribution in [1.82, 2.24) is 0 Å². The van der Waals surface area contributed by atoms with Gasteiger partial charge >= 0.3 is 18.5 Å². The number of hydrogen-bond donors (Lipinski definition) is 2. The highest BCUT2D eigenvalue weighted by atomic mass is 19.4. The monoisotopic (exact) mass is 472 g/mol. The second kappa shape index (κ2) is 7.96. The van der Waals surface area contributed by atoms with Crippen LogP contribution in [0.1, 0.15) is 16.7 Å². The number of aliphatic hydroxyl groups excluding tert-OH is 2. The third kappa shape index (κ3) is 4.67. The number of hydrazone groups is 1. The van der Waals surface area contributed by atoms with Gasteiger partial charge in [-0.1, -0.05) is 12.1 Å². The van der Waals surface area contributed by atoms with Gasteiger partial charge < -0.3 is 10.2 Å². The van der Waals surface area contributed by atoms with Crippen LogP contribution in [0.5, 0.6) is 0 Å². The van der Waals surface area contributed by atoms with Crippen LogP contribution >= 0.6 is 0 Å². The Labute approximate surface area is 174 Å². The van der Waals surface area contributed by atoms with E-state index in [4.69, 9.17) is 0 Å². The fourth-order valence-corrected chi connectivity index (χ4v) is 3.15. The summed E-state index contributed by atoms with van der Waals surface area (Å²) in [6.07, 6.45) is -20.0. The average Bonchev–Trinajstić information content (AvgIpc) is 3.02. The smallest absolute Gasteiger partial charge is 0.383 e. The second-order valence-electron chi connectivity index (χ2n) is 6.88. The van der Waals surface area contributed by atoms with E-state index in [2.05, 4.69) is 5.10 Å². The summed E-state index contributed by atoms with van der Waals surface area (Å²) in [5, 5.41) is 24.5. The summed E-state index contributed by atoms with van der Waals surface area (Å²) in [7, 11) is 0. The molecule has 0 fully saturated rings. The molecule has 174 valence electrons. The van der Waals surface area contributed by atoms with Crippen molar-refractivity contribution in [2.45, 2.75) is 30.9 Å². The second-order valence-corrected chi connectivity index (χ2v) is 6.88. The fourth-order valence-electron chi connectivity index (χ4n) is 3.15. The van der Waals surface area contributed by atoms with E-state index in [9.17, 15) is 49.7 Å². The third-order valence-corrected chi connectivity index (χ3v) is 4.75. The molecule has 3 unspecified atom stereocenters. The van der Waals surface area contributed by atoms with Crippen molar-refractivity contribution >= 4 is 11.4 Å². The lowest BCUT2D eigenvalue weighted by Crippen LogP contribution is -2.47. The maximum atomic E-state index is 13.2. The summed E-state index contributed by atoms with van der Waals surface area (Å²) < 4.78 is 116. The van der Waals surface area contributed by atoms with Crippen LogP contribution in [-0.2, 0) is 12.4 Å². The number of halogens is 9. The third-order valence-electron chi connectivity index (χ3n) is 4.75. The number of aliphatic hydroxyl groups is 2. The number of hydrogen-bond acceptors (Lipinski definition) is 4. The van der Waals surface area contributed by atoms with Crippen LogP contribution < -0.4 is 5.01 Å². The topological polar surface area (TPSA) is 56.1 Å².